The van der Waals surface area contributed by atoms with Gasteiger partial charge in [0.1, 0.15) is 48.6 Å². The molecule has 0 radical (unpaired) electrons. The van der Waals surface area contributed by atoms with Gasteiger partial charge in [0.2, 0.25) is 5.95 Å². The molecule has 0 amide bonds. The molecule has 1 unspecified atom stereocenters. The van der Waals surface area contributed by atoms with Crippen LogP contribution in [0.5, 0.6) is 0 Å². The molecule has 7 rings (SSSR count). The van der Waals surface area contributed by atoms with Crippen LogP contribution >= 0.6 is 38.1 Å². The van der Waals surface area contributed by atoms with Crippen LogP contribution in [0.1, 0.15) is 19.4 Å². The fourth-order valence-electron chi connectivity index (χ4n) is 5.58. The molecule has 24 heteroatoms. The summed E-state index contributed by atoms with van der Waals surface area (Å²) in [6.07, 6.45) is -4.29. The summed E-state index contributed by atoms with van der Waals surface area (Å²) in [7, 11) is 0. The Morgan fingerprint density at radius 3 is 2.27 bits per heavy atom. The lowest BCUT2D eigenvalue weighted by Gasteiger charge is -2.26. The SMILES string of the molecule is C[C@@H]1[C@@H]2O[P@](=O)(S)OCC3O[C@@H](n4cnc5c(=O)[nH]c(N)nc54)[C@H](O[P@](=O)(S)OC[C@H]2O[C@H]1n1cnc2c(N)ncnc21)[C@@H]3O. The number of anilines is 2. The molecule has 3 saturated heterocycles. The molecule has 0 spiro atoms. The van der Waals surface area contributed by atoms with Crippen molar-refractivity contribution in [2.24, 2.45) is 5.92 Å². The van der Waals surface area contributed by atoms with Crippen molar-refractivity contribution in [3.05, 3.63) is 29.3 Å². The van der Waals surface area contributed by atoms with E-state index in [1.165, 1.54) is 23.5 Å². The minimum Gasteiger partial charge on any atom is -0.387 e. The number of aromatic nitrogens is 8. The van der Waals surface area contributed by atoms with Crippen molar-refractivity contribution in [3.63, 3.8) is 0 Å². The topological polar surface area (TPSA) is 269 Å². The molecular formula is C21H26N10O10P2S2. The summed E-state index contributed by atoms with van der Waals surface area (Å²) in [6.45, 7) is -7.63. The number of hydrogen-bond acceptors (Lipinski definition) is 17. The maximum Gasteiger partial charge on any atom is 0.386 e. The van der Waals surface area contributed by atoms with Crippen molar-refractivity contribution >= 4 is 72.2 Å². The fourth-order valence-corrected chi connectivity index (χ4v) is 8.60. The van der Waals surface area contributed by atoms with Gasteiger partial charge in [0.25, 0.3) is 5.56 Å². The molecule has 4 aromatic rings. The summed E-state index contributed by atoms with van der Waals surface area (Å²) in [5.74, 6) is -0.580. The first-order valence-corrected chi connectivity index (χ1v) is 18.7. The number of hydrogen-bond donors (Lipinski definition) is 6. The molecule has 7 heterocycles. The average molecular weight is 705 g/mol. The van der Waals surface area contributed by atoms with Crippen LogP contribution < -0.4 is 17.0 Å². The van der Waals surface area contributed by atoms with E-state index in [0.29, 0.717) is 11.2 Å². The standard InChI is InChI=1S/C21H26N10O10P2S2/c1-7-13-9(39-19(7)30-5-26-10-15(22)24-4-25-16(10)30)3-37-43(35,45)41-14-12(32)8(2-36-42(34,44)40-13)38-20(14)31-6-27-11-17(31)28-21(23)29-18(11)33/h4-9,12-14,19-20,32H,2-3H2,1H3,(H,34,44)(H,35,45)(H2,22,24,25)(H3,23,28,29,33)/t7-,8?,9-,12-,13+,14-,19-,20-,42-,43-/m1/s1. The lowest BCUT2D eigenvalue weighted by atomic mass is 10.0. The largest absolute Gasteiger partial charge is 0.387 e. The van der Waals surface area contributed by atoms with Gasteiger partial charge in [-0.3, -0.25) is 37.0 Å². The van der Waals surface area contributed by atoms with E-state index in [-0.39, 0.29) is 22.9 Å². The van der Waals surface area contributed by atoms with E-state index in [9.17, 15) is 19.0 Å². The Balaban J connectivity index is 1.21. The summed E-state index contributed by atoms with van der Waals surface area (Å²) in [6, 6.07) is 0. The van der Waals surface area contributed by atoms with Crippen molar-refractivity contribution in [2.75, 3.05) is 24.7 Å². The number of aromatic amines is 1. The highest BCUT2D eigenvalue weighted by atomic mass is 32.7. The lowest BCUT2D eigenvalue weighted by Crippen LogP contribution is -2.35. The van der Waals surface area contributed by atoms with Crippen LogP contribution in [0.2, 0.25) is 0 Å². The average Bonchev–Trinajstić information content (AvgIpc) is 3.72. The van der Waals surface area contributed by atoms with Crippen LogP contribution in [0.4, 0.5) is 11.8 Å². The molecule has 2 bridgehead atoms. The molecule has 0 aliphatic carbocycles. The number of nitrogens with zero attached hydrogens (tertiary/aromatic N) is 7. The zero-order valence-electron chi connectivity index (χ0n) is 23.0. The number of thiol groups is 2. The van der Waals surface area contributed by atoms with Crippen LogP contribution in [0.15, 0.2) is 23.8 Å². The van der Waals surface area contributed by atoms with Crippen LogP contribution in [0.25, 0.3) is 22.3 Å². The third-order valence-electron chi connectivity index (χ3n) is 7.66. The molecule has 242 valence electrons. The Bertz CT molecular complexity index is 1940. The highest BCUT2D eigenvalue weighted by molar-refractivity contribution is 8.44. The Morgan fingerprint density at radius 1 is 0.911 bits per heavy atom. The number of imidazole rings is 2. The molecule has 10 atom stereocenters. The second-order valence-corrected chi connectivity index (χ2v) is 16.3. The zero-order valence-corrected chi connectivity index (χ0v) is 26.5. The number of aliphatic hydroxyl groups is 1. The number of nitrogen functional groups attached to an aromatic ring is 2. The molecule has 0 saturated carbocycles. The minimum absolute atomic E-state index is 0.0101. The smallest absolute Gasteiger partial charge is 0.386 e. The number of fused-ring (bicyclic) bond motifs is 5. The van der Waals surface area contributed by atoms with Crippen molar-refractivity contribution in [1.29, 1.82) is 0 Å². The Labute approximate surface area is 262 Å². The van der Waals surface area contributed by atoms with E-state index in [1.807, 2.05) is 0 Å². The zero-order chi connectivity index (χ0) is 31.8. The summed E-state index contributed by atoms with van der Waals surface area (Å²) in [5.41, 5.74) is 11.7. The number of H-pyrrole nitrogens is 1. The van der Waals surface area contributed by atoms with E-state index in [2.05, 4.69) is 54.4 Å². The molecule has 20 nitrogen and oxygen atoms in total. The van der Waals surface area contributed by atoms with Gasteiger partial charge in [-0.05, 0) is 0 Å². The van der Waals surface area contributed by atoms with Gasteiger partial charge in [-0.25, -0.2) is 29.1 Å². The fraction of sp³-hybridized carbons (Fsp3) is 0.524. The first-order valence-electron chi connectivity index (χ1n) is 13.3. The van der Waals surface area contributed by atoms with E-state index in [4.69, 9.17) is 39.0 Å². The molecular weight excluding hydrogens is 678 g/mol. The normalized spacial score (nSPS) is 37.7. The van der Waals surface area contributed by atoms with E-state index in [0.717, 1.165) is 0 Å². The number of rotatable bonds is 2. The molecule has 6 N–H and O–H groups in total. The lowest BCUT2D eigenvalue weighted by molar-refractivity contribution is -0.0567. The quantitative estimate of drug-likeness (QED) is 0.124. The van der Waals surface area contributed by atoms with Crippen molar-refractivity contribution in [1.82, 2.24) is 39.0 Å². The Hall–Kier alpha value is -2.62. The van der Waals surface area contributed by atoms with Gasteiger partial charge >= 0.3 is 13.6 Å². The minimum atomic E-state index is -4.29. The summed E-state index contributed by atoms with van der Waals surface area (Å²) < 4.78 is 65.0. The van der Waals surface area contributed by atoms with Crippen LogP contribution in [0, 0.1) is 5.92 Å². The summed E-state index contributed by atoms with van der Waals surface area (Å²) in [5, 5.41) is 11.2. The van der Waals surface area contributed by atoms with E-state index in [1.54, 1.807) is 11.5 Å². The van der Waals surface area contributed by atoms with Crippen molar-refractivity contribution in [2.45, 2.75) is 49.9 Å². The van der Waals surface area contributed by atoms with Crippen LogP contribution in [-0.4, -0.2) is 87.9 Å². The second kappa shape index (κ2) is 11.3. The van der Waals surface area contributed by atoms with Gasteiger partial charge in [0, 0.05) is 5.92 Å². The van der Waals surface area contributed by atoms with Gasteiger partial charge in [-0.2, -0.15) is 4.98 Å². The number of nitrogens with one attached hydrogen (secondary N) is 1. The molecule has 0 aromatic carbocycles. The molecule has 3 aliphatic heterocycles. The predicted molar refractivity (Wildman–Crippen MR) is 160 cm³/mol. The Kier molecular flexibility index (Phi) is 7.76. The van der Waals surface area contributed by atoms with Crippen molar-refractivity contribution < 1.29 is 41.8 Å². The predicted octanol–water partition coefficient (Wildman–Crippen LogP) is 0.809. The van der Waals surface area contributed by atoms with E-state index < -0.39 is 81.3 Å². The van der Waals surface area contributed by atoms with Gasteiger partial charge in [-0.15, -0.1) is 0 Å². The van der Waals surface area contributed by atoms with Gasteiger partial charge in [0.15, 0.2) is 28.9 Å². The summed E-state index contributed by atoms with van der Waals surface area (Å²) >= 11 is 8.30. The first kappa shape index (κ1) is 31.0. The molecule has 3 fully saturated rings. The van der Waals surface area contributed by atoms with Gasteiger partial charge in [0.05, 0.1) is 25.9 Å². The van der Waals surface area contributed by atoms with Crippen LogP contribution in [0.3, 0.4) is 0 Å². The summed E-state index contributed by atoms with van der Waals surface area (Å²) in [4.78, 5) is 35.3. The maximum absolute atomic E-state index is 13.6. The van der Waals surface area contributed by atoms with Crippen LogP contribution in [-0.2, 0) is 36.7 Å². The molecule has 45 heavy (non-hydrogen) atoms. The number of nitrogens with two attached hydrogens (primary N) is 2. The monoisotopic (exact) mass is 704 g/mol. The van der Waals surface area contributed by atoms with E-state index >= 15 is 0 Å². The number of aliphatic hydroxyl groups excluding tert-OH is 1. The van der Waals surface area contributed by atoms with Gasteiger partial charge in [-0.1, -0.05) is 31.4 Å². The molecule has 4 aromatic heterocycles. The van der Waals surface area contributed by atoms with Gasteiger partial charge < -0.3 is 26.0 Å². The Morgan fingerprint density at radius 2 is 1.53 bits per heavy atom. The maximum atomic E-state index is 13.6. The highest BCUT2D eigenvalue weighted by Gasteiger charge is 2.52. The first-order chi connectivity index (χ1) is 21.3. The second-order valence-electron chi connectivity index (χ2n) is 10.5. The highest BCUT2D eigenvalue weighted by Crippen LogP contribution is 2.60. The van der Waals surface area contributed by atoms with Crippen molar-refractivity contribution in [3.8, 4) is 0 Å². The third kappa shape index (κ3) is 5.57. The third-order valence-corrected chi connectivity index (χ3v) is 10.9. The molecule has 3 aliphatic rings. The number of ether oxygens (including phenoxy) is 2.